The molecular formula is C20H18ClN3O5S. The van der Waals surface area contributed by atoms with Gasteiger partial charge in [-0.1, -0.05) is 35.5 Å². The van der Waals surface area contributed by atoms with Crippen molar-refractivity contribution in [3.63, 3.8) is 0 Å². The van der Waals surface area contributed by atoms with Crippen molar-refractivity contribution < 1.29 is 24.2 Å². The molecule has 8 nitrogen and oxygen atoms in total. The zero-order chi connectivity index (χ0) is 21.5. The predicted molar refractivity (Wildman–Crippen MR) is 116 cm³/mol. The lowest BCUT2D eigenvalue weighted by atomic mass is 10.2. The molecule has 0 bridgehead atoms. The predicted octanol–water partition coefficient (Wildman–Crippen LogP) is 3.32. The van der Waals surface area contributed by atoms with Gasteiger partial charge >= 0.3 is 5.97 Å². The van der Waals surface area contributed by atoms with E-state index in [2.05, 4.69) is 15.5 Å². The van der Waals surface area contributed by atoms with E-state index in [0.717, 1.165) is 17.3 Å². The lowest BCUT2D eigenvalue weighted by Crippen LogP contribution is -2.26. The maximum atomic E-state index is 11.7. The Balaban J connectivity index is 1.66. The van der Waals surface area contributed by atoms with Gasteiger partial charge in [-0.25, -0.2) is 0 Å². The second-order valence-electron chi connectivity index (χ2n) is 6.17. The summed E-state index contributed by atoms with van der Waals surface area (Å²) in [5, 5.41) is 19.4. The molecule has 1 atom stereocenters. The molecule has 2 aromatic carbocycles. The number of halogens is 1. The van der Waals surface area contributed by atoms with Crippen LogP contribution in [0.1, 0.15) is 17.5 Å². The molecule has 10 heteroatoms. The SMILES string of the molecule is COc1ccc(/C=N\N=C2NC(=O)[C@@H](CC(=O)O)S2)cc1OCc1ccc(Cl)cc1. The molecule has 1 aliphatic rings. The Morgan fingerprint density at radius 1 is 1.27 bits per heavy atom. The summed E-state index contributed by atoms with van der Waals surface area (Å²) < 4.78 is 11.2. The van der Waals surface area contributed by atoms with Crippen LogP contribution in [0.25, 0.3) is 0 Å². The molecule has 0 saturated carbocycles. The summed E-state index contributed by atoms with van der Waals surface area (Å²) in [6.45, 7) is 0.337. The van der Waals surface area contributed by atoms with Crippen molar-refractivity contribution >= 4 is 46.6 Å². The number of methoxy groups -OCH3 is 1. The Morgan fingerprint density at radius 3 is 2.73 bits per heavy atom. The summed E-state index contributed by atoms with van der Waals surface area (Å²) >= 11 is 6.93. The topological polar surface area (TPSA) is 110 Å². The molecule has 0 aromatic heterocycles. The van der Waals surface area contributed by atoms with Crippen LogP contribution < -0.4 is 14.8 Å². The number of hydrogen-bond acceptors (Lipinski definition) is 7. The average molecular weight is 448 g/mol. The van der Waals surface area contributed by atoms with E-state index in [1.165, 1.54) is 6.21 Å². The quantitative estimate of drug-likeness (QED) is 0.474. The highest BCUT2D eigenvalue weighted by molar-refractivity contribution is 8.15. The molecule has 1 fully saturated rings. The number of nitrogens with zero attached hydrogens (tertiary/aromatic N) is 2. The van der Waals surface area contributed by atoms with Gasteiger partial charge in [-0.2, -0.15) is 5.10 Å². The number of carbonyl (C=O) groups is 2. The molecule has 1 amide bonds. The van der Waals surface area contributed by atoms with E-state index in [9.17, 15) is 9.59 Å². The molecular weight excluding hydrogens is 430 g/mol. The highest BCUT2D eigenvalue weighted by atomic mass is 35.5. The minimum atomic E-state index is -1.04. The third-order valence-corrected chi connectivity index (χ3v) is 5.31. The number of benzene rings is 2. The van der Waals surface area contributed by atoms with Gasteiger partial charge in [0.1, 0.15) is 11.9 Å². The number of carboxylic acid groups (broad SMARTS) is 1. The molecule has 1 heterocycles. The molecule has 156 valence electrons. The second-order valence-corrected chi connectivity index (χ2v) is 7.80. The van der Waals surface area contributed by atoms with E-state index in [0.29, 0.717) is 28.7 Å². The third kappa shape index (κ3) is 5.98. The zero-order valence-electron chi connectivity index (χ0n) is 15.9. The molecule has 0 aliphatic carbocycles. The lowest BCUT2D eigenvalue weighted by molar-refractivity contribution is -0.138. The van der Waals surface area contributed by atoms with E-state index >= 15 is 0 Å². The summed E-state index contributed by atoms with van der Waals surface area (Å²) in [5.74, 6) is -0.327. The van der Waals surface area contributed by atoms with Crippen molar-refractivity contribution in [3.8, 4) is 11.5 Å². The minimum Gasteiger partial charge on any atom is -0.493 e. The van der Waals surface area contributed by atoms with Crippen LogP contribution in [-0.4, -0.2) is 40.7 Å². The van der Waals surface area contributed by atoms with Gasteiger partial charge in [-0.3, -0.25) is 9.59 Å². The van der Waals surface area contributed by atoms with Crippen LogP contribution in [-0.2, 0) is 16.2 Å². The highest BCUT2D eigenvalue weighted by Gasteiger charge is 2.32. The van der Waals surface area contributed by atoms with Crippen molar-refractivity contribution in [2.75, 3.05) is 7.11 Å². The van der Waals surface area contributed by atoms with E-state index in [-0.39, 0.29) is 11.6 Å². The molecule has 2 aromatic rings. The average Bonchev–Trinajstić information content (AvgIpc) is 3.06. The molecule has 0 spiro atoms. The van der Waals surface area contributed by atoms with Gasteiger partial charge in [0.05, 0.1) is 19.7 Å². The molecule has 1 saturated heterocycles. The fourth-order valence-electron chi connectivity index (χ4n) is 2.52. The van der Waals surface area contributed by atoms with Crippen molar-refractivity contribution in [1.82, 2.24) is 5.32 Å². The third-order valence-electron chi connectivity index (χ3n) is 3.99. The number of carboxylic acids is 1. The fraction of sp³-hybridized carbons (Fsp3) is 0.200. The largest absolute Gasteiger partial charge is 0.493 e. The first kappa shape index (κ1) is 21.7. The number of nitrogens with one attached hydrogen (secondary N) is 1. The maximum absolute atomic E-state index is 11.7. The van der Waals surface area contributed by atoms with Crippen LogP contribution in [0, 0.1) is 0 Å². The first-order valence-corrected chi connectivity index (χ1v) is 10.1. The van der Waals surface area contributed by atoms with Gasteiger partial charge in [0.2, 0.25) is 5.91 Å². The van der Waals surface area contributed by atoms with Crippen molar-refractivity contribution in [1.29, 1.82) is 0 Å². The number of aliphatic carboxylic acids is 1. The molecule has 0 radical (unpaired) electrons. The van der Waals surface area contributed by atoms with Crippen LogP contribution in [0.4, 0.5) is 0 Å². The Hall–Kier alpha value is -3.04. The summed E-state index contributed by atoms with van der Waals surface area (Å²) in [6.07, 6.45) is 1.23. The summed E-state index contributed by atoms with van der Waals surface area (Å²) in [4.78, 5) is 22.5. The number of amides is 1. The van der Waals surface area contributed by atoms with E-state index in [4.69, 9.17) is 26.2 Å². The number of rotatable bonds is 8. The van der Waals surface area contributed by atoms with Crippen LogP contribution in [0.5, 0.6) is 11.5 Å². The van der Waals surface area contributed by atoms with E-state index in [1.54, 1.807) is 37.4 Å². The van der Waals surface area contributed by atoms with Crippen molar-refractivity contribution in [2.24, 2.45) is 10.2 Å². The molecule has 1 aliphatic heterocycles. The number of thioether (sulfide) groups is 1. The normalized spacial score (nSPS) is 17.3. The first-order chi connectivity index (χ1) is 14.4. The van der Waals surface area contributed by atoms with Crippen LogP contribution >= 0.6 is 23.4 Å². The van der Waals surface area contributed by atoms with Gasteiger partial charge in [0.25, 0.3) is 0 Å². The van der Waals surface area contributed by atoms with Gasteiger partial charge < -0.3 is 19.9 Å². The number of hydrogen-bond donors (Lipinski definition) is 2. The molecule has 3 rings (SSSR count). The number of amidine groups is 1. The van der Waals surface area contributed by atoms with Crippen molar-refractivity contribution in [3.05, 3.63) is 58.6 Å². The standard InChI is InChI=1S/C20H18ClN3O5S/c1-28-15-7-4-13(8-16(15)29-11-12-2-5-14(21)6-3-12)10-22-24-20-23-19(27)17(30-20)9-18(25)26/h2-8,10,17H,9,11H2,1H3,(H,25,26)(H,23,24,27)/b22-10-/t17-/m1/s1. The smallest absolute Gasteiger partial charge is 0.305 e. The lowest BCUT2D eigenvalue weighted by Gasteiger charge is -2.11. The van der Waals surface area contributed by atoms with Crippen LogP contribution in [0.3, 0.4) is 0 Å². The molecule has 30 heavy (non-hydrogen) atoms. The second kappa shape index (κ2) is 10.1. The van der Waals surface area contributed by atoms with Gasteiger partial charge in [-0.15, -0.1) is 5.10 Å². The summed E-state index contributed by atoms with van der Waals surface area (Å²) in [6, 6.07) is 12.6. The van der Waals surface area contributed by atoms with E-state index in [1.807, 2.05) is 12.1 Å². The zero-order valence-corrected chi connectivity index (χ0v) is 17.4. The van der Waals surface area contributed by atoms with Gasteiger partial charge in [-0.05, 0) is 41.5 Å². The summed E-state index contributed by atoms with van der Waals surface area (Å²) in [7, 11) is 1.55. The maximum Gasteiger partial charge on any atom is 0.305 e. The highest BCUT2D eigenvalue weighted by Crippen LogP contribution is 2.28. The molecule has 0 unspecified atom stereocenters. The number of ether oxygens (including phenoxy) is 2. The van der Waals surface area contributed by atoms with Gasteiger partial charge in [0.15, 0.2) is 16.7 Å². The Labute approximate surface area is 181 Å². The first-order valence-electron chi connectivity index (χ1n) is 8.80. The minimum absolute atomic E-state index is 0.259. The Kier molecular flexibility index (Phi) is 7.31. The number of carbonyl (C=O) groups excluding carboxylic acids is 1. The van der Waals surface area contributed by atoms with E-state index < -0.39 is 17.1 Å². The molecule has 2 N–H and O–H groups in total. The monoisotopic (exact) mass is 447 g/mol. The van der Waals surface area contributed by atoms with Crippen LogP contribution in [0.2, 0.25) is 5.02 Å². The Morgan fingerprint density at radius 2 is 2.03 bits per heavy atom. The van der Waals surface area contributed by atoms with Crippen molar-refractivity contribution in [2.45, 2.75) is 18.3 Å². The van der Waals surface area contributed by atoms with Gasteiger partial charge in [0, 0.05) is 5.02 Å². The summed E-state index contributed by atoms with van der Waals surface area (Å²) in [5.41, 5.74) is 1.67. The Bertz CT molecular complexity index is 994. The van der Waals surface area contributed by atoms with Crippen LogP contribution in [0.15, 0.2) is 52.7 Å². The fourth-order valence-corrected chi connectivity index (χ4v) is 3.56.